The second-order valence-corrected chi connectivity index (χ2v) is 7.29. The maximum absolute atomic E-state index is 12.7. The van der Waals surface area contributed by atoms with E-state index in [1.54, 1.807) is 22.5 Å². The monoisotopic (exact) mass is 348 g/mol. The zero-order valence-electron chi connectivity index (χ0n) is 11.5. The molecule has 1 aromatic carbocycles. The van der Waals surface area contributed by atoms with E-state index in [9.17, 15) is 8.42 Å². The molecule has 1 aliphatic heterocycles. The molecule has 0 aliphatic carbocycles. The van der Waals surface area contributed by atoms with E-state index in [0.29, 0.717) is 30.2 Å². The van der Waals surface area contributed by atoms with Gasteiger partial charge in [-0.2, -0.15) is 13.1 Å². The number of fused-ring (bicyclic) bond motifs is 1. The fourth-order valence-electron chi connectivity index (χ4n) is 2.51. The number of piperidine rings is 1. The van der Waals surface area contributed by atoms with Crippen LogP contribution in [0.3, 0.4) is 0 Å². The van der Waals surface area contributed by atoms with Gasteiger partial charge in [0, 0.05) is 19.1 Å². The van der Waals surface area contributed by atoms with Crippen LogP contribution in [0.5, 0.6) is 0 Å². The largest absolute Gasteiger partial charge is 0.317 e. The maximum atomic E-state index is 12.7. The molecule has 2 heterocycles. The lowest BCUT2D eigenvalue weighted by atomic mass is 10.1. The SMILES string of the molecule is CNC1CCN(S(=O)(=O)c2cccc3nsnc23)CC1.Cl. The number of rotatable bonds is 3. The molecule has 0 atom stereocenters. The highest BCUT2D eigenvalue weighted by Crippen LogP contribution is 2.26. The van der Waals surface area contributed by atoms with Crippen LogP contribution in [-0.4, -0.2) is 47.6 Å². The first-order valence-electron chi connectivity index (χ1n) is 6.51. The molecule has 3 rings (SSSR count). The number of benzene rings is 1. The second-order valence-electron chi connectivity index (χ2n) is 4.86. The van der Waals surface area contributed by atoms with Gasteiger partial charge in [0.25, 0.3) is 0 Å². The minimum Gasteiger partial charge on any atom is -0.317 e. The molecule has 1 aromatic heterocycles. The molecule has 1 N–H and O–H groups in total. The standard InChI is InChI=1S/C12H16N4O2S2.ClH/c1-13-9-5-7-16(8-6-9)20(17,18)11-4-2-3-10-12(11)15-19-14-10;/h2-4,9,13H,5-8H2,1H3;1H. The highest BCUT2D eigenvalue weighted by atomic mass is 35.5. The van der Waals surface area contributed by atoms with E-state index in [4.69, 9.17) is 0 Å². The van der Waals surface area contributed by atoms with E-state index in [1.165, 1.54) is 0 Å². The van der Waals surface area contributed by atoms with E-state index in [-0.39, 0.29) is 17.3 Å². The summed E-state index contributed by atoms with van der Waals surface area (Å²) in [7, 11) is -1.57. The van der Waals surface area contributed by atoms with Gasteiger partial charge in [-0.15, -0.1) is 12.4 Å². The topological polar surface area (TPSA) is 75.2 Å². The molecule has 0 saturated carbocycles. The van der Waals surface area contributed by atoms with Crippen LogP contribution in [-0.2, 0) is 10.0 Å². The van der Waals surface area contributed by atoms with Crippen LogP contribution in [0, 0.1) is 0 Å². The number of hydrogen-bond donors (Lipinski definition) is 1. The molecule has 1 fully saturated rings. The predicted molar refractivity (Wildman–Crippen MR) is 85.5 cm³/mol. The summed E-state index contributed by atoms with van der Waals surface area (Å²) in [5, 5.41) is 3.20. The lowest BCUT2D eigenvalue weighted by molar-refractivity contribution is 0.298. The molecule has 2 aromatic rings. The molecular formula is C12H17ClN4O2S2. The number of nitrogens with one attached hydrogen (secondary N) is 1. The molecule has 0 spiro atoms. The van der Waals surface area contributed by atoms with Gasteiger partial charge in [-0.3, -0.25) is 0 Å². The summed E-state index contributed by atoms with van der Waals surface area (Å²) >= 11 is 1.04. The Morgan fingerprint density at radius 2 is 2.00 bits per heavy atom. The fraction of sp³-hybridized carbons (Fsp3) is 0.500. The average molecular weight is 349 g/mol. The van der Waals surface area contributed by atoms with Crippen LogP contribution in [0.25, 0.3) is 11.0 Å². The van der Waals surface area contributed by atoms with Gasteiger partial charge in [0.2, 0.25) is 10.0 Å². The Morgan fingerprint density at radius 3 is 2.67 bits per heavy atom. The number of hydrogen-bond acceptors (Lipinski definition) is 6. The van der Waals surface area contributed by atoms with E-state index in [0.717, 1.165) is 24.6 Å². The summed E-state index contributed by atoms with van der Waals surface area (Å²) < 4.78 is 35.2. The Balaban J connectivity index is 0.00000161. The third-order valence-corrected chi connectivity index (χ3v) is 6.20. The average Bonchev–Trinajstić information content (AvgIpc) is 2.95. The van der Waals surface area contributed by atoms with Gasteiger partial charge >= 0.3 is 0 Å². The van der Waals surface area contributed by atoms with E-state index in [1.807, 2.05) is 7.05 Å². The van der Waals surface area contributed by atoms with Crippen LogP contribution >= 0.6 is 24.1 Å². The minimum atomic E-state index is -3.48. The molecule has 21 heavy (non-hydrogen) atoms. The maximum Gasteiger partial charge on any atom is 0.245 e. The van der Waals surface area contributed by atoms with Crippen molar-refractivity contribution in [1.29, 1.82) is 0 Å². The first-order chi connectivity index (χ1) is 9.63. The summed E-state index contributed by atoms with van der Waals surface area (Å²) in [5.74, 6) is 0. The molecule has 116 valence electrons. The predicted octanol–water partition coefficient (Wildman–Crippen LogP) is 1.49. The molecule has 0 bridgehead atoms. The van der Waals surface area contributed by atoms with Crippen LogP contribution < -0.4 is 5.32 Å². The van der Waals surface area contributed by atoms with Gasteiger partial charge in [-0.05, 0) is 32.0 Å². The number of halogens is 1. The number of nitrogens with zero attached hydrogens (tertiary/aromatic N) is 3. The van der Waals surface area contributed by atoms with Crippen molar-refractivity contribution in [2.75, 3.05) is 20.1 Å². The van der Waals surface area contributed by atoms with Gasteiger partial charge in [0.05, 0.1) is 11.7 Å². The molecule has 0 amide bonds. The summed E-state index contributed by atoms with van der Waals surface area (Å²) in [6.45, 7) is 1.09. The normalized spacial score (nSPS) is 17.8. The van der Waals surface area contributed by atoms with Crippen molar-refractivity contribution >= 4 is 45.2 Å². The zero-order valence-corrected chi connectivity index (χ0v) is 14.0. The van der Waals surface area contributed by atoms with E-state index >= 15 is 0 Å². The van der Waals surface area contributed by atoms with Gasteiger partial charge in [0.15, 0.2) is 0 Å². The summed E-state index contributed by atoms with van der Waals surface area (Å²) in [6, 6.07) is 5.52. The van der Waals surface area contributed by atoms with Crippen molar-refractivity contribution in [3.8, 4) is 0 Å². The van der Waals surface area contributed by atoms with Crippen LogP contribution in [0.15, 0.2) is 23.1 Å². The Hall–Kier alpha value is -0.800. The third-order valence-electron chi connectivity index (χ3n) is 3.73. The Morgan fingerprint density at radius 1 is 1.29 bits per heavy atom. The molecular weight excluding hydrogens is 332 g/mol. The lowest BCUT2D eigenvalue weighted by Gasteiger charge is -2.30. The summed E-state index contributed by atoms with van der Waals surface area (Å²) in [6.07, 6.45) is 1.67. The van der Waals surface area contributed by atoms with Crippen LogP contribution in [0.4, 0.5) is 0 Å². The van der Waals surface area contributed by atoms with Crippen molar-refractivity contribution < 1.29 is 8.42 Å². The Kier molecular flexibility index (Phi) is 5.15. The van der Waals surface area contributed by atoms with Crippen molar-refractivity contribution in [3.05, 3.63) is 18.2 Å². The highest BCUT2D eigenvalue weighted by Gasteiger charge is 2.30. The van der Waals surface area contributed by atoms with E-state index in [2.05, 4.69) is 14.1 Å². The third kappa shape index (κ3) is 3.04. The van der Waals surface area contributed by atoms with Crippen molar-refractivity contribution in [1.82, 2.24) is 18.4 Å². The van der Waals surface area contributed by atoms with Crippen LogP contribution in [0.2, 0.25) is 0 Å². The number of sulfonamides is 1. The van der Waals surface area contributed by atoms with Gasteiger partial charge in [-0.25, -0.2) is 8.42 Å². The van der Waals surface area contributed by atoms with Crippen LogP contribution in [0.1, 0.15) is 12.8 Å². The van der Waals surface area contributed by atoms with Gasteiger partial charge in [-0.1, -0.05) is 6.07 Å². The lowest BCUT2D eigenvalue weighted by Crippen LogP contribution is -2.43. The second kappa shape index (κ2) is 6.53. The fourth-order valence-corrected chi connectivity index (χ4v) is 4.74. The minimum absolute atomic E-state index is 0. The molecule has 1 saturated heterocycles. The summed E-state index contributed by atoms with van der Waals surface area (Å²) in [5.41, 5.74) is 1.12. The first-order valence-corrected chi connectivity index (χ1v) is 8.68. The summed E-state index contributed by atoms with van der Waals surface area (Å²) in [4.78, 5) is 0.270. The van der Waals surface area contributed by atoms with Crippen molar-refractivity contribution in [2.24, 2.45) is 0 Å². The first kappa shape index (κ1) is 16.6. The van der Waals surface area contributed by atoms with E-state index < -0.39 is 10.0 Å². The van der Waals surface area contributed by atoms with Crippen molar-refractivity contribution in [3.63, 3.8) is 0 Å². The van der Waals surface area contributed by atoms with Crippen molar-refractivity contribution in [2.45, 2.75) is 23.8 Å². The molecule has 9 heteroatoms. The quantitative estimate of drug-likeness (QED) is 0.909. The molecule has 6 nitrogen and oxygen atoms in total. The molecule has 0 radical (unpaired) electrons. The highest BCUT2D eigenvalue weighted by molar-refractivity contribution is 7.89. The smallest absolute Gasteiger partial charge is 0.245 e. The zero-order chi connectivity index (χ0) is 14.2. The Bertz CT molecular complexity index is 711. The molecule has 1 aliphatic rings. The van der Waals surface area contributed by atoms with Gasteiger partial charge in [0.1, 0.15) is 15.9 Å². The Labute approximate surface area is 134 Å². The molecule has 0 unspecified atom stereocenters. The van der Waals surface area contributed by atoms with Gasteiger partial charge < -0.3 is 5.32 Å². The number of aromatic nitrogens is 2.